The summed E-state index contributed by atoms with van der Waals surface area (Å²) in [5, 5.41) is 14.5. The van der Waals surface area contributed by atoms with Gasteiger partial charge in [-0.15, -0.1) is 0 Å². The van der Waals surface area contributed by atoms with E-state index in [1.807, 2.05) is 6.92 Å². The summed E-state index contributed by atoms with van der Waals surface area (Å²) in [4.78, 5) is 22.2. The van der Waals surface area contributed by atoms with Crippen LogP contribution in [0.15, 0.2) is 18.2 Å². The molecule has 0 saturated heterocycles. The highest BCUT2D eigenvalue weighted by atomic mass is 79.9. The monoisotopic (exact) mass is 348 g/mol. The molecule has 0 aromatic heterocycles. The fourth-order valence-corrected chi connectivity index (χ4v) is 2.37. The van der Waals surface area contributed by atoms with Crippen molar-refractivity contribution in [1.29, 1.82) is 0 Å². The van der Waals surface area contributed by atoms with Gasteiger partial charge in [-0.1, -0.05) is 34.5 Å². The highest BCUT2D eigenvalue weighted by molar-refractivity contribution is 9.09. The molecule has 19 heavy (non-hydrogen) atoms. The number of rotatable bonds is 6. The average Bonchev–Trinajstić information content (AvgIpc) is 2.37. The van der Waals surface area contributed by atoms with Crippen LogP contribution in [0.2, 0.25) is 5.02 Å². The summed E-state index contributed by atoms with van der Waals surface area (Å²) in [5.41, 5.74) is 0.0124. The predicted octanol–water partition coefficient (Wildman–Crippen LogP) is 3.54. The molecule has 104 valence electrons. The molecule has 0 radical (unpaired) electrons. The quantitative estimate of drug-likeness (QED) is 0.485. The zero-order chi connectivity index (χ0) is 14.4. The normalized spacial score (nSPS) is 11.9. The molecule has 5 nitrogen and oxygen atoms in total. The lowest BCUT2D eigenvalue weighted by atomic mass is 10.1. The Labute approximate surface area is 124 Å². The molecule has 1 N–H and O–H groups in total. The minimum Gasteiger partial charge on any atom is -0.349 e. The summed E-state index contributed by atoms with van der Waals surface area (Å²) in [6, 6.07) is 3.89. The maximum atomic E-state index is 12.0. The van der Waals surface area contributed by atoms with E-state index in [2.05, 4.69) is 21.2 Å². The number of carbonyl (C=O) groups excluding carboxylic acids is 1. The number of hydrogen-bond acceptors (Lipinski definition) is 3. The summed E-state index contributed by atoms with van der Waals surface area (Å²) in [6.07, 6.45) is 1.59. The van der Waals surface area contributed by atoms with Crippen LogP contribution in [0.1, 0.15) is 30.1 Å². The molecule has 1 aromatic carbocycles. The number of nitrogens with zero attached hydrogens (tertiary/aromatic N) is 1. The van der Waals surface area contributed by atoms with E-state index >= 15 is 0 Å². The number of alkyl halides is 1. The van der Waals surface area contributed by atoms with E-state index in [4.69, 9.17) is 11.6 Å². The first-order valence-corrected chi connectivity index (χ1v) is 7.29. The molecule has 1 amide bonds. The van der Waals surface area contributed by atoms with Crippen LogP contribution in [0.3, 0.4) is 0 Å². The molecule has 0 aliphatic heterocycles. The Morgan fingerprint density at radius 3 is 2.74 bits per heavy atom. The number of nitrogens with one attached hydrogen (secondary N) is 1. The smallest absolute Gasteiger partial charge is 0.271 e. The SMILES string of the molecule is CCC(CCBr)NC(=O)c1cc(Cl)cc([N+](=O)[O-])c1. The number of carbonyl (C=O) groups is 1. The number of benzene rings is 1. The molecule has 0 bridgehead atoms. The Morgan fingerprint density at radius 1 is 1.53 bits per heavy atom. The van der Waals surface area contributed by atoms with Gasteiger partial charge in [0, 0.05) is 34.1 Å². The topological polar surface area (TPSA) is 72.2 Å². The Bertz CT molecular complexity index is 482. The number of non-ortho nitro benzene ring substituents is 1. The molecule has 0 saturated carbocycles. The van der Waals surface area contributed by atoms with Gasteiger partial charge in [0.15, 0.2) is 0 Å². The Hall–Kier alpha value is -1.14. The fraction of sp³-hybridized carbons (Fsp3) is 0.417. The summed E-state index contributed by atoms with van der Waals surface area (Å²) in [5.74, 6) is -0.349. The molecule has 1 rings (SSSR count). The largest absolute Gasteiger partial charge is 0.349 e. The number of halogens is 2. The third-order valence-corrected chi connectivity index (χ3v) is 3.32. The molecule has 7 heteroatoms. The fourth-order valence-electron chi connectivity index (χ4n) is 1.59. The second kappa shape index (κ2) is 7.45. The van der Waals surface area contributed by atoms with Crippen molar-refractivity contribution in [2.45, 2.75) is 25.8 Å². The first-order valence-electron chi connectivity index (χ1n) is 5.79. The molecule has 0 spiro atoms. The molecule has 0 aliphatic carbocycles. The van der Waals surface area contributed by atoms with E-state index < -0.39 is 4.92 Å². The summed E-state index contributed by atoms with van der Waals surface area (Å²) in [6.45, 7) is 1.97. The lowest BCUT2D eigenvalue weighted by molar-refractivity contribution is -0.384. The van der Waals surface area contributed by atoms with E-state index in [1.54, 1.807) is 0 Å². The van der Waals surface area contributed by atoms with Crippen LogP contribution < -0.4 is 5.32 Å². The summed E-state index contributed by atoms with van der Waals surface area (Å²) >= 11 is 9.10. The third kappa shape index (κ3) is 4.80. The van der Waals surface area contributed by atoms with Crippen molar-refractivity contribution in [1.82, 2.24) is 5.32 Å². The van der Waals surface area contributed by atoms with Gasteiger partial charge in [0.2, 0.25) is 0 Å². The van der Waals surface area contributed by atoms with Crippen molar-refractivity contribution in [3.05, 3.63) is 38.9 Å². The van der Waals surface area contributed by atoms with E-state index in [9.17, 15) is 14.9 Å². The van der Waals surface area contributed by atoms with Crippen molar-refractivity contribution >= 4 is 39.1 Å². The molecule has 0 aliphatic rings. The Kier molecular flexibility index (Phi) is 6.24. The Morgan fingerprint density at radius 2 is 2.21 bits per heavy atom. The van der Waals surface area contributed by atoms with Crippen LogP contribution in [-0.4, -0.2) is 22.2 Å². The van der Waals surface area contributed by atoms with Crippen LogP contribution in [0.4, 0.5) is 5.69 Å². The van der Waals surface area contributed by atoms with E-state index in [0.717, 1.165) is 18.2 Å². The zero-order valence-electron chi connectivity index (χ0n) is 10.4. The van der Waals surface area contributed by atoms with Gasteiger partial charge in [-0.3, -0.25) is 14.9 Å². The molecular weight excluding hydrogens is 336 g/mol. The third-order valence-electron chi connectivity index (χ3n) is 2.64. The maximum Gasteiger partial charge on any atom is 0.271 e. The van der Waals surface area contributed by atoms with Crippen LogP contribution in [0, 0.1) is 10.1 Å². The van der Waals surface area contributed by atoms with Gasteiger partial charge < -0.3 is 5.32 Å². The van der Waals surface area contributed by atoms with Crippen LogP contribution in [0.25, 0.3) is 0 Å². The van der Waals surface area contributed by atoms with Gasteiger partial charge in [0.1, 0.15) is 0 Å². The van der Waals surface area contributed by atoms with Crippen molar-refractivity contribution in [3.63, 3.8) is 0 Å². The van der Waals surface area contributed by atoms with Crippen LogP contribution in [0.5, 0.6) is 0 Å². The second-order valence-corrected chi connectivity index (χ2v) is 5.24. The average molecular weight is 350 g/mol. The Balaban J connectivity index is 2.90. The summed E-state index contributed by atoms with van der Waals surface area (Å²) < 4.78 is 0. The molecule has 1 aromatic rings. The minimum atomic E-state index is -0.571. The molecule has 1 unspecified atom stereocenters. The standard InChI is InChI=1S/C12H14BrClN2O3/c1-2-10(3-4-13)15-12(17)8-5-9(14)7-11(6-8)16(18)19/h5-7,10H,2-4H2,1H3,(H,15,17). The van der Waals surface area contributed by atoms with Crippen LogP contribution in [-0.2, 0) is 0 Å². The number of hydrogen-bond donors (Lipinski definition) is 1. The number of nitro benzene ring substituents is 1. The van der Waals surface area contributed by atoms with Crippen molar-refractivity contribution in [3.8, 4) is 0 Å². The maximum absolute atomic E-state index is 12.0. The lowest BCUT2D eigenvalue weighted by Crippen LogP contribution is -2.34. The predicted molar refractivity (Wildman–Crippen MR) is 78.1 cm³/mol. The molecule has 0 fully saturated rings. The summed E-state index contributed by atoms with van der Waals surface area (Å²) in [7, 11) is 0. The van der Waals surface area contributed by atoms with E-state index in [1.165, 1.54) is 18.2 Å². The molecule has 1 atom stereocenters. The number of nitro groups is 1. The minimum absolute atomic E-state index is 0.0323. The van der Waals surface area contributed by atoms with Gasteiger partial charge >= 0.3 is 0 Å². The first kappa shape index (κ1) is 15.9. The van der Waals surface area contributed by atoms with Gasteiger partial charge in [0.05, 0.1) is 4.92 Å². The van der Waals surface area contributed by atoms with E-state index in [0.29, 0.717) is 0 Å². The van der Waals surface area contributed by atoms with Crippen LogP contribution >= 0.6 is 27.5 Å². The van der Waals surface area contributed by atoms with Gasteiger partial charge in [-0.05, 0) is 18.9 Å². The zero-order valence-corrected chi connectivity index (χ0v) is 12.7. The van der Waals surface area contributed by atoms with Crippen molar-refractivity contribution in [2.24, 2.45) is 0 Å². The van der Waals surface area contributed by atoms with Gasteiger partial charge in [-0.25, -0.2) is 0 Å². The number of amides is 1. The highest BCUT2D eigenvalue weighted by Gasteiger charge is 2.16. The van der Waals surface area contributed by atoms with E-state index in [-0.39, 0.29) is 28.2 Å². The van der Waals surface area contributed by atoms with Gasteiger partial charge in [0.25, 0.3) is 11.6 Å². The molecule has 0 heterocycles. The highest BCUT2D eigenvalue weighted by Crippen LogP contribution is 2.21. The first-order chi connectivity index (χ1) is 8.97. The van der Waals surface area contributed by atoms with Crippen molar-refractivity contribution < 1.29 is 9.72 Å². The molecular formula is C12H14BrClN2O3. The van der Waals surface area contributed by atoms with Gasteiger partial charge in [-0.2, -0.15) is 0 Å². The lowest BCUT2D eigenvalue weighted by Gasteiger charge is -2.15. The van der Waals surface area contributed by atoms with Crippen molar-refractivity contribution in [2.75, 3.05) is 5.33 Å². The second-order valence-electron chi connectivity index (χ2n) is 4.01.